The van der Waals surface area contributed by atoms with Gasteiger partial charge in [0.1, 0.15) is 0 Å². The summed E-state index contributed by atoms with van der Waals surface area (Å²) in [5.74, 6) is 0.348. The van der Waals surface area contributed by atoms with Gasteiger partial charge in [0, 0.05) is 25.3 Å². The molecule has 8 heteroatoms. The Labute approximate surface area is 117 Å². The molecule has 0 amide bonds. The maximum Gasteiger partial charge on any atom is 0.291 e. The largest absolute Gasteiger partial charge is 0.388 e. The minimum absolute atomic E-state index is 0.291. The van der Waals surface area contributed by atoms with Crippen molar-refractivity contribution in [1.82, 2.24) is 4.72 Å². The molecule has 2 N–H and O–H groups in total. The lowest BCUT2D eigenvalue weighted by Crippen LogP contribution is -2.32. The summed E-state index contributed by atoms with van der Waals surface area (Å²) in [6.07, 6.45) is 3.12. The van der Waals surface area contributed by atoms with Gasteiger partial charge in [-0.3, -0.25) is 10.1 Å². The van der Waals surface area contributed by atoms with Crippen LogP contribution in [0.15, 0.2) is 23.1 Å². The Balaban J connectivity index is 2.27. The summed E-state index contributed by atoms with van der Waals surface area (Å²) in [5, 5.41) is 13.8. The smallest absolute Gasteiger partial charge is 0.291 e. The second-order valence-electron chi connectivity index (χ2n) is 4.84. The monoisotopic (exact) mass is 299 g/mol. The maximum absolute atomic E-state index is 12.2. The Kier molecular flexibility index (Phi) is 4.24. The van der Waals surface area contributed by atoms with E-state index in [1.54, 1.807) is 7.05 Å². The summed E-state index contributed by atoms with van der Waals surface area (Å²) < 4.78 is 26.8. The molecule has 0 unspecified atom stereocenters. The van der Waals surface area contributed by atoms with E-state index in [4.69, 9.17) is 0 Å². The van der Waals surface area contributed by atoms with Gasteiger partial charge >= 0.3 is 0 Å². The molecule has 1 aromatic carbocycles. The highest BCUT2D eigenvalue weighted by atomic mass is 32.2. The topological polar surface area (TPSA) is 101 Å². The summed E-state index contributed by atoms with van der Waals surface area (Å²) in [4.78, 5) is 10.1. The minimum atomic E-state index is -3.85. The van der Waals surface area contributed by atoms with E-state index in [1.165, 1.54) is 18.2 Å². The zero-order valence-electron chi connectivity index (χ0n) is 11.1. The van der Waals surface area contributed by atoms with Crippen LogP contribution in [0.3, 0.4) is 0 Å². The first kappa shape index (κ1) is 14.7. The van der Waals surface area contributed by atoms with Crippen molar-refractivity contribution in [1.29, 1.82) is 0 Å². The molecule has 1 fully saturated rings. The average Bonchev–Trinajstić information content (AvgIpc) is 2.35. The highest BCUT2D eigenvalue weighted by Crippen LogP contribution is 2.29. The molecule has 0 aliphatic heterocycles. The number of sulfonamides is 1. The standard InChI is InChI=1S/C12H17N3O4S/c1-13-10-5-6-12(11(7-10)15(16)17)20(18,19)14-8-9-3-2-4-9/h5-7,9,13-14H,2-4,8H2,1H3. The van der Waals surface area contributed by atoms with Gasteiger partial charge in [-0.1, -0.05) is 6.42 Å². The van der Waals surface area contributed by atoms with Gasteiger partial charge in [0.2, 0.25) is 10.0 Å². The molecule has 2 rings (SSSR count). The van der Waals surface area contributed by atoms with E-state index in [1.807, 2.05) is 0 Å². The summed E-state index contributed by atoms with van der Waals surface area (Å²) in [5.41, 5.74) is 0.0765. The number of nitrogens with zero attached hydrogens (tertiary/aromatic N) is 1. The third-order valence-corrected chi connectivity index (χ3v) is 4.99. The van der Waals surface area contributed by atoms with E-state index in [-0.39, 0.29) is 4.90 Å². The highest BCUT2D eigenvalue weighted by Gasteiger charge is 2.27. The number of hydrogen-bond acceptors (Lipinski definition) is 5. The minimum Gasteiger partial charge on any atom is -0.388 e. The molecule has 0 radical (unpaired) electrons. The fourth-order valence-corrected chi connectivity index (χ4v) is 3.31. The van der Waals surface area contributed by atoms with E-state index in [9.17, 15) is 18.5 Å². The van der Waals surface area contributed by atoms with Crippen LogP contribution in [0, 0.1) is 16.0 Å². The van der Waals surface area contributed by atoms with E-state index in [0.29, 0.717) is 18.2 Å². The van der Waals surface area contributed by atoms with Gasteiger partial charge in [0.05, 0.1) is 4.92 Å². The summed E-state index contributed by atoms with van der Waals surface area (Å²) in [7, 11) is -2.24. The first-order valence-corrected chi connectivity index (χ1v) is 7.88. The Morgan fingerprint density at radius 3 is 2.60 bits per heavy atom. The Bertz CT molecular complexity index is 611. The Morgan fingerprint density at radius 1 is 1.40 bits per heavy atom. The molecule has 1 aliphatic rings. The fourth-order valence-electron chi connectivity index (χ4n) is 2.05. The molecule has 0 bridgehead atoms. The molecule has 1 saturated carbocycles. The number of benzene rings is 1. The molecule has 0 aromatic heterocycles. The summed E-state index contributed by atoms with van der Waals surface area (Å²) in [6, 6.07) is 3.98. The van der Waals surface area contributed by atoms with Crippen LogP contribution >= 0.6 is 0 Å². The van der Waals surface area contributed by atoms with Crippen molar-refractivity contribution in [2.24, 2.45) is 5.92 Å². The molecule has 7 nitrogen and oxygen atoms in total. The molecule has 0 atom stereocenters. The number of nitro benzene ring substituents is 1. The average molecular weight is 299 g/mol. The van der Waals surface area contributed by atoms with Crippen molar-refractivity contribution in [3.05, 3.63) is 28.3 Å². The zero-order valence-corrected chi connectivity index (χ0v) is 11.9. The van der Waals surface area contributed by atoms with E-state index < -0.39 is 20.6 Å². The second kappa shape index (κ2) is 5.76. The summed E-state index contributed by atoms with van der Waals surface area (Å²) in [6.45, 7) is 0.341. The van der Waals surface area contributed by atoms with Crippen LogP contribution in [0.5, 0.6) is 0 Å². The van der Waals surface area contributed by atoms with Crippen molar-refractivity contribution in [2.45, 2.75) is 24.2 Å². The number of nitrogens with one attached hydrogen (secondary N) is 2. The van der Waals surface area contributed by atoms with Gasteiger partial charge in [-0.05, 0) is 30.9 Å². The molecular weight excluding hydrogens is 282 g/mol. The van der Waals surface area contributed by atoms with Gasteiger partial charge in [-0.25, -0.2) is 13.1 Å². The summed E-state index contributed by atoms with van der Waals surface area (Å²) >= 11 is 0. The van der Waals surface area contributed by atoms with Crippen LogP contribution in [0.25, 0.3) is 0 Å². The lowest BCUT2D eigenvalue weighted by molar-refractivity contribution is -0.387. The number of anilines is 1. The Hall–Kier alpha value is -1.67. The van der Waals surface area contributed by atoms with Gasteiger partial charge in [0.15, 0.2) is 4.90 Å². The fraction of sp³-hybridized carbons (Fsp3) is 0.500. The van der Waals surface area contributed by atoms with Crippen LogP contribution in [0.4, 0.5) is 11.4 Å². The van der Waals surface area contributed by atoms with Gasteiger partial charge in [-0.2, -0.15) is 0 Å². The quantitative estimate of drug-likeness (QED) is 0.615. The first-order valence-electron chi connectivity index (χ1n) is 6.40. The van der Waals surface area contributed by atoms with E-state index in [0.717, 1.165) is 19.3 Å². The lowest BCUT2D eigenvalue weighted by atomic mass is 9.86. The molecule has 0 heterocycles. The molecule has 0 spiro atoms. The van der Waals surface area contributed by atoms with Crippen LogP contribution in [0.2, 0.25) is 0 Å². The van der Waals surface area contributed by atoms with Gasteiger partial charge in [0.25, 0.3) is 5.69 Å². The third-order valence-electron chi connectivity index (χ3n) is 3.52. The van der Waals surface area contributed by atoms with Crippen LogP contribution in [-0.2, 0) is 10.0 Å². The van der Waals surface area contributed by atoms with Crippen LogP contribution in [0.1, 0.15) is 19.3 Å². The molecule has 0 saturated heterocycles. The van der Waals surface area contributed by atoms with Crippen molar-refractivity contribution in [3.63, 3.8) is 0 Å². The predicted molar refractivity (Wildman–Crippen MR) is 75.2 cm³/mol. The van der Waals surface area contributed by atoms with Crippen molar-refractivity contribution >= 4 is 21.4 Å². The Morgan fingerprint density at radius 2 is 2.10 bits per heavy atom. The number of nitro groups is 1. The maximum atomic E-state index is 12.2. The lowest BCUT2D eigenvalue weighted by Gasteiger charge is -2.25. The van der Waals surface area contributed by atoms with Crippen molar-refractivity contribution in [3.8, 4) is 0 Å². The van der Waals surface area contributed by atoms with Crippen molar-refractivity contribution in [2.75, 3.05) is 18.9 Å². The molecule has 20 heavy (non-hydrogen) atoms. The normalized spacial score (nSPS) is 15.7. The molecular formula is C12H17N3O4S. The SMILES string of the molecule is CNc1ccc(S(=O)(=O)NCC2CCC2)c([N+](=O)[O-])c1. The van der Waals surface area contributed by atoms with E-state index in [2.05, 4.69) is 10.0 Å². The van der Waals surface area contributed by atoms with Gasteiger partial charge < -0.3 is 5.32 Å². The predicted octanol–water partition coefficient (Wildman–Crippen LogP) is 1.71. The van der Waals surface area contributed by atoms with Crippen molar-refractivity contribution < 1.29 is 13.3 Å². The highest BCUT2D eigenvalue weighted by molar-refractivity contribution is 7.89. The van der Waals surface area contributed by atoms with Gasteiger partial charge in [-0.15, -0.1) is 0 Å². The number of hydrogen-bond donors (Lipinski definition) is 2. The molecule has 1 aromatic rings. The van der Waals surface area contributed by atoms with E-state index >= 15 is 0 Å². The zero-order chi connectivity index (χ0) is 14.8. The number of rotatable bonds is 6. The first-order chi connectivity index (χ1) is 9.44. The third kappa shape index (κ3) is 3.07. The second-order valence-corrected chi connectivity index (χ2v) is 6.57. The van der Waals surface area contributed by atoms with Crippen LogP contribution in [-0.4, -0.2) is 26.9 Å². The molecule has 1 aliphatic carbocycles. The van der Waals surface area contributed by atoms with Crippen LogP contribution < -0.4 is 10.0 Å². The molecule has 110 valence electrons.